The Kier molecular flexibility index (Phi) is 7.05. The third-order valence-corrected chi connectivity index (χ3v) is 7.46. The van der Waals surface area contributed by atoms with Crippen molar-refractivity contribution in [3.05, 3.63) is 96.1 Å². The Labute approximate surface area is 222 Å². The molecule has 196 valence electrons. The number of carboxylic acid groups (broad SMARTS) is 1. The Balaban J connectivity index is 1.42. The second-order valence-corrected chi connectivity index (χ2v) is 10.1. The van der Waals surface area contributed by atoms with Crippen LogP contribution in [0.2, 0.25) is 0 Å². The maximum atomic E-state index is 14.1. The summed E-state index contributed by atoms with van der Waals surface area (Å²) in [6.45, 7) is 2.59. The van der Waals surface area contributed by atoms with E-state index in [9.17, 15) is 19.5 Å². The van der Waals surface area contributed by atoms with E-state index in [1.807, 2.05) is 91.9 Å². The maximum absolute atomic E-state index is 14.1. The van der Waals surface area contributed by atoms with E-state index in [2.05, 4.69) is 0 Å². The molecule has 2 aliphatic heterocycles. The van der Waals surface area contributed by atoms with Gasteiger partial charge in [-0.2, -0.15) is 0 Å². The second-order valence-electron chi connectivity index (χ2n) is 10.1. The van der Waals surface area contributed by atoms with E-state index in [1.54, 1.807) is 21.7 Å². The summed E-state index contributed by atoms with van der Waals surface area (Å²) in [5.41, 5.74) is 3.45. The summed E-state index contributed by atoms with van der Waals surface area (Å²) in [4.78, 5) is 46.7. The van der Waals surface area contributed by atoms with Crippen molar-refractivity contribution in [3.8, 4) is 0 Å². The molecule has 2 saturated heterocycles. The van der Waals surface area contributed by atoms with Gasteiger partial charge in [-0.05, 0) is 49.6 Å². The number of benzene rings is 3. The van der Waals surface area contributed by atoms with E-state index in [4.69, 9.17) is 0 Å². The van der Waals surface area contributed by atoms with Gasteiger partial charge in [0, 0.05) is 20.1 Å². The summed E-state index contributed by atoms with van der Waals surface area (Å²) in [6, 6.07) is 23.8. The summed E-state index contributed by atoms with van der Waals surface area (Å²) in [5, 5.41) is 10.3. The molecule has 4 amide bonds. The van der Waals surface area contributed by atoms with Gasteiger partial charge < -0.3 is 19.8 Å². The van der Waals surface area contributed by atoms with Crippen LogP contribution in [0.3, 0.4) is 0 Å². The van der Waals surface area contributed by atoms with Gasteiger partial charge in [-0.15, -0.1) is 0 Å². The number of nitrogens with zero attached hydrogens (tertiary/aromatic N) is 4. The van der Waals surface area contributed by atoms with Crippen LogP contribution in [0, 0.1) is 6.92 Å². The molecule has 0 aliphatic carbocycles. The van der Waals surface area contributed by atoms with Crippen LogP contribution >= 0.6 is 0 Å². The van der Waals surface area contributed by atoms with E-state index < -0.39 is 24.1 Å². The number of hydrogen-bond acceptors (Lipinski definition) is 3. The fourth-order valence-corrected chi connectivity index (χ4v) is 5.63. The maximum Gasteiger partial charge on any atom is 0.329 e. The zero-order valence-electron chi connectivity index (χ0n) is 21.6. The number of para-hydroxylation sites is 2. The van der Waals surface area contributed by atoms with Gasteiger partial charge in [0.15, 0.2) is 6.04 Å². The van der Waals surface area contributed by atoms with Gasteiger partial charge in [0.1, 0.15) is 0 Å². The van der Waals surface area contributed by atoms with Gasteiger partial charge in [-0.3, -0.25) is 4.90 Å². The number of hydrogen-bond donors (Lipinski definition) is 1. The number of aliphatic carboxylic acids is 1. The van der Waals surface area contributed by atoms with Crippen molar-refractivity contribution >= 4 is 29.4 Å². The number of piperazine rings is 1. The van der Waals surface area contributed by atoms with Crippen molar-refractivity contribution in [1.29, 1.82) is 0 Å². The van der Waals surface area contributed by atoms with Gasteiger partial charge >= 0.3 is 18.0 Å². The van der Waals surface area contributed by atoms with Gasteiger partial charge in [0.05, 0.1) is 23.5 Å². The van der Waals surface area contributed by atoms with E-state index in [-0.39, 0.29) is 18.6 Å². The summed E-state index contributed by atoms with van der Waals surface area (Å²) >= 11 is 0. The van der Waals surface area contributed by atoms with Crippen LogP contribution in [-0.4, -0.2) is 69.6 Å². The molecule has 2 fully saturated rings. The lowest BCUT2D eigenvalue weighted by molar-refractivity contribution is -0.145. The smallest absolute Gasteiger partial charge is 0.329 e. The second kappa shape index (κ2) is 10.6. The van der Waals surface area contributed by atoms with Crippen molar-refractivity contribution in [2.75, 3.05) is 18.5 Å². The zero-order valence-corrected chi connectivity index (χ0v) is 21.6. The highest BCUT2D eigenvalue weighted by atomic mass is 16.4. The molecule has 0 saturated carbocycles. The molecule has 3 aromatic carbocycles. The van der Waals surface area contributed by atoms with E-state index in [0.29, 0.717) is 30.8 Å². The highest BCUT2D eigenvalue weighted by Gasteiger charge is 2.54. The lowest BCUT2D eigenvalue weighted by atomic mass is 10.0. The minimum absolute atomic E-state index is 0.159. The number of fused-ring (bicyclic) bond motifs is 2. The Morgan fingerprint density at radius 1 is 0.842 bits per heavy atom. The van der Waals surface area contributed by atoms with Crippen LogP contribution in [0.5, 0.6) is 0 Å². The zero-order chi connectivity index (χ0) is 26.8. The standard InChI is InChI=1S/C30H32N4O4/c1-21-13-15-22(16-14-21)19-31(2)29(37)34-25-17-18-26(34)27(28(35)36)32(20-25)30(38)33(23-9-5-3-6-10-23)24-11-7-4-8-12-24/h3-16,25-27H,17-20H2,1-2H3,(H,35,36)/t25-,26+,27-/m0/s1. The monoisotopic (exact) mass is 512 g/mol. The van der Waals surface area contributed by atoms with Crippen molar-refractivity contribution < 1.29 is 19.5 Å². The molecule has 2 heterocycles. The number of rotatable bonds is 5. The first-order valence-electron chi connectivity index (χ1n) is 12.9. The summed E-state index contributed by atoms with van der Waals surface area (Å²) in [6.07, 6.45) is 1.19. The third kappa shape index (κ3) is 4.81. The number of aryl methyl sites for hydroxylation is 1. The molecular formula is C30H32N4O4. The normalized spacial score (nSPS) is 20.2. The number of carbonyl (C=O) groups excluding carboxylic acids is 2. The minimum Gasteiger partial charge on any atom is -0.480 e. The first kappa shape index (κ1) is 25.3. The van der Waals surface area contributed by atoms with Crippen LogP contribution in [0.15, 0.2) is 84.9 Å². The Morgan fingerprint density at radius 3 is 1.97 bits per heavy atom. The first-order chi connectivity index (χ1) is 18.3. The van der Waals surface area contributed by atoms with Crippen molar-refractivity contribution in [2.45, 2.75) is 44.4 Å². The predicted molar refractivity (Wildman–Crippen MR) is 145 cm³/mol. The largest absolute Gasteiger partial charge is 0.480 e. The molecule has 1 N–H and O–H groups in total. The van der Waals surface area contributed by atoms with Crippen LogP contribution < -0.4 is 4.90 Å². The highest BCUT2D eigenvalue weighted by Crippen LogP contribution is 2.37. The Bertz CT molecular complexity index is 1260. The fourth-order valence-electron chi connectivity index (χ4n) is 5.63. The molecule has 38 heavy (non-hydrogen) atoms. The van der Waals surface area contributed by atoms with E-state index in [0.717, 1.165) is 11.1 Å². The van der Waals surface area contributed by atoms with Gasteiger partial charge in [0.2, 0.25) is 0 Å². The van der Waals surface area contributed by atoms with Crippen molar-refractivity contribution in [3.63, 3.8) is 0 Å². The number of carboxylic acids is 1. The molecule has 2 aliphatic rings. The Morgan fingerprint density at radius 2 is 1.42 bits per heavy atom. The molecule has 0 unspecified atom stereocenters. The minimum atomic E-state index is -1.15. The fraction of sp³-hybridized carbons (Fsp3) is 0.300. The molecule has 0 spiro atoms. The van der Waals surface area contributed by atoms with Gasteiger partial charge in [-0.1, -0.05) is 66.2 Å². The highest BCUT2D eigenvalue weighted by molar-refractivity contribution is 6.01. The molecular weight excluding hydrogens is 480 g/mol. The van der Waals surface area contributed by atoms with Gasteiger partial charge in [-0.25, -0.2) is 14.4 Å². The van der Waals surface area contributed by atoms with E-state index in [1.165, 1.54) is 4.90 Å². The van der Waals surface area contributed by atoms with Crippen molar-refractivity contribution in [1.82, 2.24) is 14.7 Å². The third-order valence-electron chi connectivity index (χ3n) is 7.46. The molecule has 5 rings (SSSR count). The number of urea groups is 2. The lowest BCUT2D eigenvalue weighted by Crippen LogP contribution is -2.67. The lowest BCUT2D eigenvalue weighted by Gasteiger charge is -2.47. The molecule has 8 heteroatoms. The molecule has 3 atom stereocenters. The predicted octanol–water partition coefficient (Wildman–Crippen LogP) is 5.11. The molecule has 0 radical (unpaired) electrons. The summed E-state index contributed by atoms with van der Waals surface area (Å²) in [5.74, 6) is -1.11. The number of amides is 4. The number of likely N-dealkylation sites (tertiary alicyclic amines) is 1. The van der Waals surface area contributed by atoms with Gasteiger partial charge in [0.25, 0.3) is 0 Å². The summed E-state index contributed by atoms with van der Waals surface area (Å²) in [7, 11) is 1.74. The topological polar surface area (TPSA) is 84.4 Å². The van der Waals surface area contributed by atoms with Crippen molar-refractivity contribution in [2.24, 2.45) is 0 Å². The average molecular weight is 513 g/mol. The molecule has 0 aromatic heterocycles. The van der Waals surface area contributed by atoms with Crippen LogP contribution in [0.4, 0.5) is 21.0 Å². The van der Waals surface area contributed by atoms with Crippen LogP contribution in [0.1, 0.15) is 24.0 Å². The SMILES string of the molecule is Cc1ccc(CN(C)C(=O)N2[C@H]3CC[C@@H]2[C@@H](C(=O)O)N(C(=O)N(c2ccccc2)c2ccccc2)C3)cc1. The molecule has 3 aromatic rings. The van der Waals surface area contributed by atoms with E-state index >= 15 is 0 Å². The quantitative estimate of drug-likeness (QED) is 0.515. The summed E-state index contributed by atoms with van der Waals surface area (Å²) < 4.78 is 0. The number of anilines is 2. The van der Waals surface area contributed by atoms with Crippen LogP contribution in [-0.2, 0) is 11.3 Å². The first-order valence-corrected chi connectivity index (χ1v) is 12.9. The number of carbonyl (C=O) groups is 3. The molecule has 2 bridgehead atoms. The van der Waals surface area contributed by atoms with Crippen LogP contribution in [0.25, 0.3) is 0 Å². The molecule has 8 nitrogen and oxygen atoms in total. The Hall–Kier alpha value is -4.33. The average Bonchev–Trinajstić information content (AvgIpc) is 3.22.